The van der Waals surface area contributed by atoms with E-state index in [4.69, 9.17) is 10.2 Å². The van der Waals surface area contributed by atoms with Crippen LogP contribution in [0.5, 0.6) is 0 Å². The Hall–Kier alpha value is -1.66. The van der Waals surface area contributed by atoms with Gasteiger partial charge in [0.25, 0.3) is 0 Å². The van der Waals surface area contributed by atoms with E-state index < -0.39 is 18.0 Å². The molecule has 1 aromatic rings. The molecule has 0 saturated carbocycles. The minimum Gasteiger partial charge on any atom is -0.463 e. The summed E-state index contributed by atoms with van der Waals surface area (Å²) < 4.78 is 12.7. The first kappa shape index (κ1) is 12.4. The number of nitrogens with zero attached hydrogens (tertiary/aromatic N) is 1. The Kier molecular flexibility index (Phi) is 4.21. The van der Waals surface area contributed by atoms with Crippen LogP contribution in [0.1, 0.15) is 18.0 Å². The van der Waals surface area contributed by atoms with Crippen LogP contribution in [-0.2, 0) is 0 Å². The zero-order chi connectivity index (χ0) is 12.1. The summed E-state index contributed by atoms with van der Waals surface area (Å²) in [6, 6.07) is 4.15. The monoisotopic (exact) mass is 229 g/mol. The minimum atomic E-state index is -1.53. The summed E-state index contributed by atoms with van der Waals surface area (Å²) in [4.78, 5) is 10.6. The highest BCUT2D eigenvalue weighted by Crippen LogP contribution is 2.22. The molecular formula is C10H12FNO4. The number of hydroxylamine groups is 2. The molecule has 16 heavy (non-hydrogen) atoms. The van der Waals surface area contributed by atoms with Crippen LogP contribution in [0.4, 0.5) is 9.18 Å². The van der Waals surface area contributed by atoms with Gasteiger partial charge in [-0.15, -0.1) is 0 Å². The summed E-state index contributed by atoms with van der Waals surface area (Å²) in [7, 11) is 0. The lowest BCUT2D eigenvalue weighted by Gasteiger charge is -2.23. The molecule has 1 amide bonds. The van der Waals surface area contributed by atoms with Gasteiger partial charge in [0.05, 0.1) is 6.04 Å². The molecule has 1 rings (SSSR count). The Morgan fingerprint density at radius 2 is 1.94 bits per heavy atom. The van der Waals surface area contributed by atoms with E-state index in [0.717, 1.165) is 12.1 Å². The first-order valence-electron chi connectivity index (χ1n) is 4.63. The second kappa shape index (κ2) is 5.43. The molecule has 1 atom stereocenters. The topological polar surface area (TPSA) is 81.0 Å². The number of hydrogen-bond donors (Lipinski definition) is 3. The van der Waals surface area contributed by atoms with E-state index in [1.165, 1.54) is 12.1 Å². The van der Waals surface area contributed by atoms with Gasteiger partial charge in [0.2, 0.25) is 0 Å². The molecular weight excluding hydrogens is 217 g/mol. The third-order valence-electron chi connectivity index (χ3n) is 2.15. The smallest absolute Gasteiger partial charge is 0.431 e. The molecule has 0 fully saturated rings. The van der Waals surface area contributed by atoms with Crippen LogP contribution in [-0.4, -0.2) is 33.2 Å². The molecule has 0 aliphatic heterocycles. The maximum Gasteiger partial charge on any atom is 0.431 e. The van der Waals surface area contributed by atoms with E-state index in [9.17, 15) is 14.4 Å². The van der Waals surface area contributed by atoms with Gasteiger partial charge in [-0.25, -0.2) is 9.18 Å². The quantitative estimate of drug-likeness (QED) is 0.541. The molecule has 0 heterocycles. The van der Waals surface area contributed by atoms with Crippen LogP contribution < -0.4 is 0 Å². The van der Waals surface area contributed by atoms with Crippen molar-refractivity contribution in [1.82, 2.24) is 5.06 Å². The first-order chi connectivity index (χ1) is 7.56. The maximum absolute atomic E-state index is 12.7. The van der Waals surface area contributed by atoms with Crippen LogP contribution in [0, 0.1) is 5.82 Å². The standard InChI is InChI=1S/C10H12FNO4/c11-8-3-1-7(2-4-8)9(5-6-13)12(16)10(14)15/h1-4,9,13,16H,5-6H2,(H,14,15). The fourth-order valence-electron chi connectivity index (χ4n) is 1.37. The van der Waals surface area contributed by atoms with Crippen LogP contribution in [0.3, 0.4) is 0 Å². The van der Waals surface area contributed by atoms with Crippen molar-refractivity contribution in [3.8, 4) is 0 Å². The predicted molar refractivity (Wildman–Crippen MR) is 52.5 cm³/mol. The number of halogens is 1. The van der Waals surface area contributed by atoms with E-state index in [1.54, 1.807) is 0 Å². The summed E-state index contributed by atoms with van der Waals surface area (Å²) in [6.45, 7) is -0.285. The lowest BCUT2D eigenvalue weighted by Crippen LogP contribution is -2.31. The van der Waals surface area contributed by atoms with Crippen molar-refractivity contribution in [2.45, 2.75) is 12.5 Å². The normalized spacial score (nSPS) is 12.2. The molecule has 1 unspecified atom stereocenters. The van der Waals surface area contributed by atoms with Crippen molar-refractivity contribution in [2.75, 3.05) is 6.61 Å². The summed E-state index contributed by atoms with van der Waals surface area (Å²) in [5.74, 6) is -0.452. The van der Waals surface area contributed by atoms with Crippen molar-refractivity contribution in [3.05, 3.63) is 35.6 Å². The van der Waals surface area contributed by atoms with Crippen molar-refractivity contribution in [3.63, 3.8) is 0 Å². The van der Waals surface area contributed by atoms with Crippen molar-refractivity contribution < 1.29 is 24.6 Å². The van der Waals surface area contributed by atoms with Crippen LogP contribution in [0.25, 0.3) is 0 Å². The number of benzene rings is 1. The number of aliphatic hydroxyl groups excluding tert-OH is 1. The van der Waals surface area contributed by atoms with Crippen molar-refractivity contribution in [1.29, 1.82) is 0 Å². The van der Waals surface area contributed by atoms with Gasteiger partial charge in [-0.1, -0.05) is 12.1 Å². The zero-order valence-corrected chi connectivity index (χ0v) is 8.38. The molecule has 1 aromatic carbocycles. The van der Waals surface area contributed by atoms with Gasteiger partial charge in [0, 0.05) is 6.61 Å². The lowest BCUT2D eigenvalue weighted by molar-refractivity contribution is -0.102. The van der Waals surface area contributed by atoms with Gasteiger partial charge in [0.15, 0.2) is 0 Å². The molecule has 3 N–H and O–H groups in total. The highest BCUT2D eigenvalue weighted by Gasteiger charge is 2.22. The summed E-state index contributed by atoms with van der Waals surface area (Å²) in [6.07, 6.45) is -1.49. The Balaban J connectivity index is 2.92. The van der Waals surface area contributed by atoms with Gasteiger partial charge in [-0.2, -0.15) is 5.06 Å². The molecule has 88 valence electrons. The van der Waals surface area contributed by atoms with E-state index in [1.807, 2.05) is 0 Å². The molecule has 0 aliphatic rings. The summed E-state index contributed by atoms with van der Waals surface area (Å²) >= 11 is 0. The highest BCUT2D eigenvalue weighted by molar-refractivity contribution is 5.64. The average Bonchev–Trinajstić information content (AvgIpc) is 2.26. The van der Waals surface area contributed by atoms with Crippen LogP contribution in [0.15, 0.2) is 24.3 Å². The van der Waals surface area contributed by atoms with Gasteiger partial charge < -0.3 is 10.2 Å². The Labute approximate surface area is 91.3 Å². The molecule has 0 aromatic heterocycles. The zero-order valence-electron chi connectivity index (χ0n) is 8.38. The maximum atomic E-state index is 12.7. The Morgan fingerprint density at radius 3 is 2.38 bits per heavy atom. The molecule has 0 radical (unpaired) electrons. The molecule has 5 nitrogen and oxygen atoms in total. The predicted octanol–water partition coefficient (Wildman–Crippen LogP) is 1.62. The number of amides is 1. The summed E-state index contributed by atoms with van der Waals surface area (Å²) in [5.41, 5.74) is 0.417. The third-order valence-corrected chi connectivity index (χ3v) is 2.15. The third kappa shape index (κ3) is 2.91. The van der Waals surface area contributed by atoms with Crippen LogP contribution in [0.2, 0.25) is 0 Å². The van der Waals surface area contributed by atoms with E-state index in [0.29, 0.717) is 5.56 Å². The Morgan fingerprint density at radius 1 is 1.38 bits per heavy atom. The Bertz CT molecular complexity index is 354. The molecule has 0 saturated heterocycles. The average molecular weight is 229 g/mol. The second-order valence-corrected chi connectivity index (χ2v) is 3.21. The largest absolute Gasteiger partial charge is 0.463 e. The number of hydrogen-bond acceptors (Lipinski definition) is 3. The molecule has 0 bridgehead atoms. The number of rotatable bonds is 4. The molecule has 6 heteroatoms. The summed E-state index contributed by atoms with van der Waals surface area (Å²) in [5, 5.41) is 26.8. The molecule has 0 spiro atoms. The van der Waals surface area contributed by atoms with Crippen molar-refractivity contribution >= 4 is 6.09 Å². The fourth-order valence-corrected chi connectivity index (χ4v) is 1.37. The van der Waals surface area contributed by atoms with Crippen LogP contribution >= 0.6 is 0 Å². The first-order valence-corrected chi connectivity index (χ1v) is 4.63. The molecule has 0 aliphatic carbocycles. The van der Waals surface area contributed by atoms with E-state index in [2.05, 4.69) is 0 Å². The number of carbonyl (C=O) groups is 1. The highest BCUT2D eigenvalue weighted by atomic mass is 19.1. The SMILES string of the molecule is O=C(O)N(O)C(CCO)c1ccc(F)cc1. The van der Waals surface area contributed by atoms with Gasteiger partial charge >= 0.3 is 6.09 Å². The minimum absolute atomic E-state index is 0.0361. The van der Waals surface area contributed by atoms with Gasteiger partial charge in [0.1, 0.15) is 5.82 Å². The fraction of sp³-hybridized carbons (Fsp3) is 0.300. The number of aliphatic hydroxyl groups is 1. The van der Waals surface area contributed by atoms with Crippen molar-refractivity contribution in [2.24, 2.45) is 0 Å². The van der Waals surface area contributed by atoms with Gasteiger partial charge in [-0.3, -0.25) is 5.21 Å². The van der Waals surface area contributed by atoms with E-state index >= 15 is 0 Å². The van der Waals surface area contributed by atoms with E-state index in [-0.39, 0.29) is 18.1 Å². The lowest BCUT2D eigenvalue weighted by atomic mass is 10.0. The number of carboxylic acid groups (broad SMARTS) is 1. The van der Waals surface area contributed by atoms with Gasteiger partial charge in [-0.05, 0) is 24.1 Å². The second-order valence-electron chi connectivity index (χ2n) is 3.21.